The molecule has 2 rings (SSSR count). The normalized spacial score (nSPS) is 18.4. The summed E-state index contributed by atoms with van der Waals surface area (Å²) in [7, 11) is 0. The fraction of sp³-hybridized carbons (Fsp3) is 0.500. The van der Waals surface area contributed by atoms with E-state index in [2.05, 4.69) is 15.8 Å². The van der Waals surface area contributed by atoms with Crippen molar-refractivity contribution in [1.29, 1.82) is 0 Å². The highest BCUT2D eigenvalue weighted by atomic mass is 16.7. The first-order valence-corrected chi connectivity index (χ1v) is 11.4. The Balaban J connectivity index is 2.03. The van der Waals surface area contributed by atoms with E-state index in [1.165, 1.54) is 6.92 Å². The van der Waals surface area contributed by atoms with Crippen molar-refractivity contribution in [2.24, 2.45) is 11.1 Å². The molecule has 3 atom stereocenters. The van der Waals surface area contributed by atoms with Gasteiger partial charge in [-0.15, -0.1) is 0 Å². The number of aliphatic carboxylic acids is 2. The molecule has 12 heteroatoms. The average Bonchev–Trinajstić information content (AvgIpc) is 3.22. The SMILES string of the molecule is CC(C)C(NC(=O)CCC(=O)O)C1=NOC(C)(C(=O)NC(CC(=O)O)C(=O)COc2ccccc2)C1. The highest BCUT2D eigenvalue weighted by Gasteiger charge is 2.45. The molecule has 1 aliphatic rings. The van der Waals surface area contributed by atoms with Gasteiger partial charge in [-0.25, -0.2) is 0 Å². The summed E-state index contributed by atoms with van der Waals surface area (Å²) in [5, 5.41) is 27.1. The third-order valence-electron chi connectivity index (χ3n) is 5.47. The number of ketones is 1. The molecule has 0 fully saturated rings. The van der Waals surface area contributed by atoms with Crippen molar-refractivity contribution < 1.29 is 43.8 Å². The van der Waals surface area contributed by atoms with E-state index >= 15 is 0 Å². The number of carboxylic acid groups (broad SMARTS) is 2. The molecular formula is C24H31N3O9. The maximum atomic E-state index is 13.0. The van der Waals surface area contributed by atoms with Gasteiger partial charge in [-0.2, -0.15) is 0 Å². The van der Waals surface area contributed by atoms with Crippen LogP contribution >= 0.6 is 0 Å². The van der Waals surface area contributed by atoms with Crippen LogP contribution in [-0.2, 0) is 28.8 Å². The number of amides is 2. The summed E-state index contributed by atoms with van der Waals surface area (Å²) in [4.78, 5) is 65.2. The first-order chi connectivity index (χ1) is 16.9. The van der Waals surface area contributed by atoms with Crippen molar-refractivity contribution in [3.05, 3.63) is 30.3 Å². The van der Waals surface area contributed by atoms with Crippen LogP contribution in [0.2, 0.25) is 0 Å². The number of benzene rings is 1. The van der Waals surface area contributed by atoms with Crippen LogP contribution in [0.1, 0.15) is 46.5 Å². The molecule has 0 radical (unpaired) electrons. The van der Waals surface area contributed by atoms with E-state index in [0.29, 0.717) is 11.5 Å². The van der Waals surface area contributed by atoms with Gasteiger partial charge in [-0.3, -0.25) is 24.0 Å². The Kier molecular flexibility index (Phi) is 9.94. The molecule has 0 aromatic heterocycles. The van der Waals surface area contributed by atoms with Gasteiger partial charge in [0.05, 0.1) is 24.6 Å². The second-order valence-corrected chi connectivity index (χ2v) is 8.96. The summed E-state index contributed by atoms with van der Waals surface area (Å²) < 4.78 is 5.38. The van der Waals surface area contributed by atoms with Crippen LogP contribution in [0.15, 0.2) is 35.5 Å². The first kappa shape index (κ1) is 28.3. The summed E-state index contributed by atoms with van der Waals surface area (Å²) in [6.07, 6.45) is -1.22. The van der Waals surface area contributed by atoms with Crippen LogP contribution in [-0.4, -0.2) is 69.8 Å². The summed E-state index contributed by atoms with van der Waals surface area (Å²) in [6.45, 7) is 4.62. The Bertz CT molecular complexity index is 1010. The van der Waals surface area contributed by atoms with Crippen molar-refractivity contribution in [2.75, 3.05) is 6.61 Å². The molecule has 0 saturated heterocycles. The van der Waals surface area contributed by atoms with Crippen molar-refractivity contribution in [1.82, 2.24) is 10.6 Å². The number of oxime groups is 1. The van der Waals surface area contributed by atoms with E-state index in [0.717, 1.165) is 0 Å². The van der Waals surface area contributed by atoms with Gasteiger partial charge in [0, 0.05) is 12.8 Å². The number of Topliss-reactive ketones (excluding diaryl/α,β-unsaturated/α-hetero) is 1. The second kappa shape index (κ2) is 12.7. The number of carboxylic acids is 2. The zero-order chi connectivity index (χ0) is 26.9. The topological polar surface area (TPSA) is 181 Å². The van der Waals surface area contributed by atoms with Gasteiger partial charge < -0.3 is 30.4 Å². The number of ether oxygens (including phenoxy) is 1. The van der Waals surface area contributed by atoms with Crippen LogP contribution in [0, 0.1) is 5.92 Å². The Morgan fingerprint density at radius 1 is 1.06 bits per heavy atom. The molecule has 4 N–H and O–H groups in total. The minimum Gasteiger partial charge on any atom is -0.486 e. The molecule has 0 saturated carbocycles. The fourth-order valence-corrected chi connectivity index (χ4v) is 3.46. The lowest BCUT2D eigenvalue weighted by atomic mass is 9.90. The summed E-state index contributed by atoms with van der Waals surface area (Å²) in [5.74, 6) is -3.99. The average molecular weight is 506 g/mol. The predicted molar refractivity (Wildman–Crippen MR) is 126 cm³/mol. The number of carbonyl (C=O) groups excluding carboxylic acids is 3. The van der Waals surface area contributed by atoms with Gasteiger partial charge in [0.2, 0.25) is 11.5 Å². The van der Waals surface area contributed by atoms with Gasteiger partial charge in [-0.1, -0.05) is 37.2 Å². The summed E-state index contributed by atoms with van der Waals surface area (Å²) >= 11 is 0. The quantitative estimate of drug-likeness (QED) is 0.288. The van der Waals surface area contributed by atoms with Gasteiger partial charge in [0.1, 0.15) is 18.4 Å². The molecule has 0 bridgehead atoms. The Hall–Kier alpha value is -3.96. The van der Waals surface area contributed by atoms with Gasteiger partial charge in [0.15, 0.2) is 5.78 Å². The molecule has 36 heavy (non-hydrogen) atoms. The maximum Gasteiger partial charge on any atom is 0.305 e. The molecule has 1 aromatic carbocycles. The number of hydrogen-bond donors (Lipinski definition) is 4. The third-order valence-corrected chi connectivity index (χ3v) is 5.47. The lowest BCUT2D eigenvalue weighted by molar-refractivity contribution is -0.146. The van der Waals surface area contributed by atoms with Crippen LogP contribution in [0.5, 0.6) is 5.75 Å². The second-order valence-electron chi connectivity index (χ2n) is 8.96. The summed E-state index contributed by atoms with van der Waals surface area (Å²) in [5.41, 5.74) is -1.19. The van der Waals surface area contributed by atoms with Crippen LogP contribution in [0.4, 0.5) is 0 Å². The molecule has 2 amide bonds. The maximum absolute atomic E-state index is 13.0. The van der Waals surface area contributed by atoms with Crippen molar-refractivity contribution >= 4 is 35.2 Å². The highest BCUT2D eigenvalue weighted by Crippen LogP contribution is 2.27. The molecular weight excluding hydrogens is 474 g/mol. The van der Waals surface area contributed by atoms with E-state index < -0.39 is 60.2 Å². The number of nitrogens with zero attached hydrogens (tertiary/aromatic N) is 1. The lowest BCUT2D eigenvalue weighted by Gasteiger charge is -2.25. The number of hydrogen-bond acceptors (Lipinski definition) is 8. The van der Waals surface area contributed by atoms with E-state index in [1.54, 1.807) is 30.3 Å². The largest absolute Gasteiger partial charge is 0.486 e. The van der Waals surface area contributed by atoms with E-state index in [1.807, 2.05) is 13.8 Å². The van der Waals surface area contributed by atoms with Gasteiger partial charge in [0.25, 0.3) is 5.91 Å². The number of rotatable bonds is 14. The molecule has 12 nitrogen and oxygen atoms in total. The van der Waals surface area contributed by atoms with Crippen molar-refractivity contribution in [3.8, 4) is 5.75 Å². The minimum absolute atomic E-state index is 0.0324. The molecule has 1 aliphatic heterocycles. The lowest BCUT2D eigenvalue weighted by Crippen LogP contribution is -2.53. The molecule has 196 valence electrons. The van der Waals surface area contributed by atoms with Gasteiger partial charge in [-0.05, 0) is 25.0 Å². The fourth-order valence-electron chi connectivity index (χ4n) is 3.46. The van der Waals surface area contributed by atoms with Gasteiger partial charge >= 0.3 is 11.9 Å². The highest BCUT2D eigenvalue weighted by molar-refractivity contribution is 6.01. The van der Waals surface area contributed by atoms with Crippen LogP contribution < -0.4 is 15.4 Å². The Labute approximate surface area is 208 Å². The van der Waals surface area contributed by atoms with Crippen LogP contribution in [0.25, 0.3) is 0 Å². The Morgan fingerprint density at radius 2 is 1.72 bits per heavy atom. The van der Waals surface area contributed by atoms with Crippen molar-refractivity contribution in [2.45, 2.75) is 64.1 Å². The van der Waals surface area contributed by atoms with Crippen LogP contribution in [0.3, 0.4) is 0 Å². The predicted octanol–water partition coefficient (Wildman–Crippen LogP) is 1.13. The zero-order valence-corrected chi connectivity index (χ0v) is 20.4. The smallest absolute Gasteiger partial charge is 0.305 e. The molecule has 1 aromatic rings. The van der Waals surface area contributed by atoms with E-state index in [4.69, 9.17) is 14.7 Å². The minimum atomic E-state index is -1.55. The summed E-state index contributed by atoms with van der Waals surface area (Å²) in [6, 6.07) is 6.49. The van der Waals surface area contributed by atoms with E-state index in [-0.39, 0.29) is 25.2 Å². The van der Waals surface area contributed by atoms with E-state index in [9.17, 15) is 29.1 Å². The molecule has 3 unspecified atom stereocenters. The molecule has 1 heterocycles. The number of nitrogens with one attached hydrogen (secondary N) is 2. The molecule has 0 aliphatic carbocycles. The monoisotopic (exact) mass is 505 g/mol. The molecule has 0 spiro atoms. The Morgan fingerprint density at radius 3 is 2.31 bits per heavy atom. The standard InChI is InChI=1S/C24H31N3O9/c1-14(2)22(26-19(29)9-10-20(30)31)17-12-24(3,36-27-17)23(34)25-16(11-21(32)33)18(28)13-35-15-7-5-4-6-8-15/h4-8,14,16,22H,9-13H2,1-3H3,(H,25,34)(H,26,29)(H,30,31)(H,32,33). The number of carbonyl (C=O) groups is 5. The third kappa shape index (κ3) is 8.36. The van der Waals surface area contributed by atoms with Crippen molar-refractivity contribution in [3.63, 3.8) is 0 Å². The number of para-hydroxylation sites is 1. The zero-order valence-electron chi connectivity index (χ0n) is 20.4. The first-order valence-electron chi connectivity index (χ1n) is 11.4.